The largest absolute Gasteiger partial charge is 0.508 e. The summed E-state index contributed by atoms with van der Waals surface area (Å²) in [6.07, 6.45) is 3.73. The first-order valence-corrected chi connectivity index (χ1v) is 8.70. The molecule has 0 bridgehead atoms. The highest BCUT2D eigenvalue weighted by Gasteiger charge is 2.32. The number of hydrogen-bond acceptors (Lipinski definition) is 4. The number of pyridine rings is 1. The molecule has 3 rings (SSSR count). The summed E-state index contributed by atoms with van der Waals surface area (Å²) in [5.74, 6) is 0.403. The average molecular weight is 328 g/mol. The number of benzene rings is 1. The van der Waals surface area contributed by atoms with E-state index < -0.39 is 0 Å². The third kappa shape index (κ3) is 3.67. The molecule has 1 aliphatic rings. The van der Waals surface area contributed by atoms with Gasteiger partial charge in [0.25, 0.3) is 0 Å². The number of phenolic OH excluding ortho intramolecular Hbond substituents is 1. The number of carbonyl (C=O) groups excluding carboxylic acids is 1. The lowest BCUT2D eigenvalue weighted by Crippen LogP contribution is -2.36. The lowest BCUT2D eigenvalue weighted by atomic mass is 10.0. The third-order valence-electron chi connectivity index (χ3n) is 4.10. The van der Waals surface area contributed by atoms with Gasteiger partial charge in [-0.05, 0) is 49.6 Å². The molecule has 120 valence electrons. The third-order valence-corrected chi connectivity index (χ3v) is 5.13. The molecule has 0 spiro atoms. The minimum atomic E-state index is -0.164. The highest BCUT2D eigenvalue weighted by molar-refractivity contribution is 8.00. The van der Waals surface area contributed by atoms with Gasteiger partial charge in [0.1, 0.15) is 5.75 Å². The van der Waals surface area contributed by atoms with Gasteiger partial charge in [0.15, 0.2) is 0 Å². The Bertz CT molecular complexity index is 660. The van der Waals surface area contributed by atoms with Crippen molar-refractivity contribution in [3.8, 4) is 5.75 Å². The Morgan fingerprint density at radius 1 is 1.30 bits per heavy atom. The Kier molecular flexibility index (Phi) is 4.86. The maximum atomic E-state index is 12.8. The SMILES string of the molecule is C[C@H](Sc1ccccn1)C(=O)N1CCC[C@@H]1c1ccc(O)cc1. The zero-order valence-corrected chi connectivity index (χ0v) is 13.9. The van der Waals surface area contributed by atoms with Crippen LogP contribution in [0.3, 0.4) is 0 Å². The van der Waals surface area contributed by atoms with Crippen LogP contribution in [0.25, 0.3) is 0 Å². The van der Waals surface area contributed by atoms with Crippen LogP contribution in [0, 0.1) is 0 Å². The number of rotatable bonds is 4. The topological polar surface area (TPSA) is 53.4 Å². The van der Waals surface area contributed by atoms with Crippen LogP contribution in [0.4, 0.5) is 0 Å². The second kappa shape index (κ2) is 7.04. The molecule has 5 heteroatoms. The predicted octanol–water partition coefficient (Wildman–Crippen LogP) is 3.63. The molecular formula is C18H20N2O2S. The molecule has 2 heterocycles. The van der Waals surface area contributed by atoms with E-state index in [1.807, 2.05) is 42.2 Å². The fraction of sp³-hybridized carbons (Fsp3) is 0.333. The number of likely N-dealkylation sites (tertiary alicyclic amines) is 1. The van der Waals surface area contributed by atoms with Crippen molar-refractivity contribution < 1.29 is 9.90 Å². The number of hydrogen-bond donors (Lipinski definition) is 1. The molecule has 4 nitrogen and oxygen atoms in total. The summed E-state index contributed by atoms with van der Waals surface area (Å²) in [7, 11) is 0. The molecule has 0 aliphatic carbocycles. The van der Waals surface area contributed by atoms with E-state index in [4.69, 9.17) is 0 Å². The fourth-order valence-electron chi connectivity index (χ4n) is 2.96. The number of thioether (sulfide) groups is 1. The Morgan fingerprint density at radius 3 is 2.78 bits per heavy atom. The standard InChI is InChI=1S/C18H20N2O2S/c1-13(23-17-6-2-3-11-19-17)18(22)20-12-4-5-16(20)14-7-9-15(21)10-8-14/h2-3,6-11,13,16,21H,4-5,12H2,1H3/t13-,16+/m0/s1. The molecule has 1 aromatic heterocycles. The minimum absolute atomic E-state index is 0.106. The van der Waals surface area contributed by atoms with Crippen molar-refractivity contribution in [3.05, 3.63) is 54.2 Å². The van der Waals surface area contributed by atoms with Crippen LogP contribution in [-0.2, 0) is 4.79 Å². The molecule has 0 saturated carbocycles. The Morgan fingerprint density at radius 2 is 2.09 bits per heavy atom. The van der Waals surface area contributed by atoms with E-state index in [-0.39, 0.29) is 22.9 Å². The van der Waals surface area contributed by atoms with Crippen molar-refractivity contribution in [2.75, 3.05) is 6.54 Å². The Balaban J connectivity index is 1.71. The number of amides is 1. The second-order valence-corrected chi connectivity index (χ2v) is 7.07. The first kappa shape index (κ1) is 15.9. The summed E-state index contributed by atoms with van der Waals surface area (Å²) in [4.78, 5) is 19.1. The minimum Gasteiger partial charge on any atom is -0.508 e. The maximum absolute atomic E-state index is 12.8. The lowest BCUT2D eigenvalue weighted by Gasteiger charge is -2.27. The summed E-state index contributed by atoms with van der Waals surface area (Å²) < 4.78 is 0. The van der Waals surface area contributed by atoms with Crippen LogP contribution in [0.5, 0.6) is 5.75 Å². The molecule has 0 unspecified atom stereocenters. The van der Waals surface area contributed by atoms with Crippen LogP contribution >= 0.6 is 11.8 Å². The van der Waals surface area contributed by atoms with Crippen molar-refractivity contribution >= 4 is 17.7 Å². The first-order chi connectivity index (χ1) is 11.1. The van der Waals surface area contributed by atoms with Gasteiger partial charge in [-0.15, -0.1) is 0 Å². The van der Waals surface area contributed by atoms with Crippen molar-refractivity contribution in [2.45, 2.75) is 36.1 Å². The van der Waals surface area contributed by atoms with Gasteiger partial charge in [0.05, 0.1) is 16.3 Å². The molecule has 2 atom stereocenters. The molecule has 0 radical (unpaired) electrons. The van der Waals surface area contributed by atoms with Crippen molar-refractivity contribution in [3.63, 3.8) is 0 Å². The van der Waals surface area contributed by atoms with Gasteiger partial charge >= 0.3 is 0 Å². The van der Waals surface area contributed by atoms with Crippen LogP contribution < -0.4 is 0 Å². The van der Waals surface area contributed by atoms with E-state index >= 15 is 0 Å². The fourth-order valence-corrected chi connectivity index (χ4v) is 3.83. The normalized spacial score (nSPS) is 18.8. The smallest absolute Gasteiger partial charge is 0.236 e. The summed E-state index contributed by atoms with van der Waals surface area (Å²) >= 11 is 1.50. The number of aromatic nitrogens is 1. The number of phenols is 1. The Hall–Kier alpha value is -2.01. The number of carbonyl (C=O) groups is 1. The van der Waals surface area contributed by atoms with E-state index in [1.54, 1.807) is 18.3 Å². The first-order valence-electron chi connectivity index (χ1n) is 7.82. The van der Waals surface area contributed by atoms with E-state index in [0.717, 1.165) is 30.0 Å². The molecular weight excluding hydrogens is 308 g/mol. The highest BCUT2D eigenvalue weighted by atomic mass is 32.2. The molecule has 1 aromatic carbocycles. The van der Waals surface area contributed by atoms with E-state index in [9.17, 15) is 9.90 Å². The lowest BCUT2D eigenvalue weighted by molar-refractivity contribution is -0.131. The van der Waals surface area contributed by atoms with Crippen LogP contribution in [0.2, 0.25) is 0 Å². The number of aromatic hydroxyl groups is 1. The number of nitrogens with zero attached hydrogens (tertiary/aromatic N) is 2. The predicted molar refractivity (Wildman–Crippen MR) is 91.4 cm³/mol. The zero-order valence-electron chi connectivity index (χ0n) is 13.1. The molecule has 1 saturated heterocycles. The quantitative estimate of drug-likeness (QED) is 0.871. The van der Waals surface area contributed by atoms with Crippen LogP contribution in [0.1, 0.15) is 31.4 Å². The van der Waals surface area contributed by atoms with Gasteiger partial charge in [-0.25, -0.2) is 4.98 Å². The molecule has 1 aliphatic heterocycles. The van der Waals surface area contributed by atoms with Crippen molar-refractivity contribution in [1.82, 2.24) is 9.88 Å². The van der Waals surface area contributed by atoms with E-state index in [2.05, 4.69) is 4.98 Å². The summed E-state index contributed by atoms with van der Waals surface area (Å²) in [5, 5.41) is 10.1. The van der Waals surface area contributed by atoms with Gasteiger partial charge in [-0.1, -0.05) is 30.0 Å². The van der Waals surface area contributed by atoms with Crippen molar-refractivity contribution in [2.24, 2.45) is 0 Å². The summed E-state index contributed by atoms with van der Waals surface area (Å²) in [6, 6.07) is 13.0. The van der Waals surface area contributed by atoms with E-state index in [1.165, 1.54) is 11.8 Å². The average Bonchev–Trinajstić information content (AvgIpc) is 3.05. The van der Waals surface area contributed by atoms with E-state index in [0.29, 0.717) is 0 Å². The molecule has 1 fully saturated rings. The second-order valence-electron chi connectivity index (χ2n) is 5.71. The highest BCUT2D eigenvalue weighted by Crippen LogP contribution is 2.35. The molecule has 2 aromatic rings. The maximum Gasteiger partial charge on any atom is 0.236 e. The monoisotopic (exact) mass is 328 g/mol. The van der Waals surface area contributed by atoms with Gasteiger partial charge in [-0.2, -0.15) is 0 Å². The van der Waals surface area contributed by atoms with Gasteiger partial charge in [0.2, 0.25) is 5.91 Å². The molecule has 1 N–H and O–H groups in total. The molecule has 23 heavy (non-hydrogen) atoms. The van der Waals surface area contributed by atoms with Gasteiger partial charge in [-0.3, -0.25) is 4.79 Å². The van der Waals surface area contributed by atoms with Gasteiger partial charge in [0, 0.05) is 12.7 Å². The van der Waals surface area contributed by atoms with Crippen LogP contribution in [-0.4, -0.2) is 32.7 Å². The van der Waals surface area contributed by atoms with Crippen LogP contribution in [0.15, 0.2) is 53.7 Å². The zero-order chi connectivity index (χ0) is 16.2. The molecule has 1 amide bonds. The summed E-state index contributed by atoms with van der Waals surface area (Å²) in [6.45, 7) is 2.73. The Labute approximate surface area is 140 Å². The summed E-state index contributed by atoms with van der Waals surface area (Å²) in [5.41, 5.74) is 1.09. The van der Waals surface area contributed by atoms with Crippen molar-refractivity contribution in [1.29, 1.82) is 0 Å². The van der Waals surface area contributed by atoms with Gasteiger partial charge < -0.3 is 10.0 Å².